The smallest absolute Gasteiger partial charge is 0.323 e. The Bertz CT molecular complexity index is 594. The summed E-state index contributed by atoms with van der Waals surface area (Å²) in [5.74, 6) is -0.970. The van der Waals surface area contributed by atoms with E-state index in [-0.39, 0.29) is 23.7 Å². The van der Waals surface area contributed by atoms with E-state index >= 15 is 0 Å². The molecule has 1 spiro atoms. The van der Waals surface area contributed by atoms with Crippen molar-refractivity contribution >= 4 is 12.0 Å². The van der Waals surface area contributed by atoms with Gasteiger partial charge in [0.1, 0.15) is 6.54 Å². The van der Waals surface area contributed by atoms with Crippen molar-refractivity contribution in [3.05, 3.63) is 35.9 Å². The van der Waals surface area contributed by atoms with Crippen molar-refractivity contribution in [2.24, 2.45) is 0 Å². The van der Waals surface area contributed by atoms with Crippen LogP contribution < -0.4 is 10.6 Å². The van der Waals surface area contributed by atoms with Gasteiger partial charge in [0.2, 0.25) is 0 Å². The van der Waals surface area contributed by atoms with Gasteiger partial charge in [0, 0.05) is 12.1 Å². The van der Waals surface area contributed by atoms with Gasteiger partial charge in [0.25, 0.3) is 0 Å². The molecule has 0 aromatic heterocycles. The zero-order valence-corrected chi connectivity index (χ0v) is 13.3. The first kappa shape index (κ1) is 15.8. The molecule has 23 heavy (non-hydrogen) atoms. The fourth-order valence-electron chi connectivity index (χ4n) is 3.95. The molecule has 1 aliphatic carbocycles. The summed E-state index contributed by atoms with van der Waals surface area (Å²) in [6.45, 7) is 0.246. The molecule has 0 radical (unpaired) electrons. The first-order valence-corrected chi connectivity index (χ1v) is 8.02. The summed E-state index contributed by atoms with van der Waals surface area (Å²) in [5, 5.41) is 15.4. The first-order valence-electron chi connectivity index (χ1n) is 8.02. The molecule has 2 amide bonds. The minimum absolute atomic E-state index is 0.0720. The van der Waals surface area contributed by atoms with E-state index < -0.39 is 5.97 Å². The summed E-state index contributed by atoms with van der Waals surface area (Å²) in [6.07, 6.45) is 3.50. The molecule has 6 nitrogen and oxygen atoms in total. The molecule has 1 saturated carbocycles. The van der Waals surface area contributed by atoms with E-state index in [1.54, 1.807) is 0 Å². The second-order valence-corrected chi connectivity index (χ2v) is 6.66. The van der Waals surface area contributed by atoms with Gasteiger partial charge in [-0.25, -0.2) is 4.79 Å². The van der Waals surface area contributed by atoms with Gasteiger partial charge in [-0.1, -0.05) is 30.3 Å². The second kappa shape index (κ2) is 5.85. The molecular formula is C17H23N3O3. The highest BCUT2D eigenvalue weighted by molar-refractivity contribution is 5.82. The fraction of sp³-hybridized carbons (Fsp3) is 0.529. The van der Waals surface area contributed by atoms with Gasteiger partial charge in [0.15, 0.2) is 0 Å². The van der Waals surface area contributed by atoms with Crippen LogP contribution in [0.5, 0.6) is 0 Å². The van der Waals surface area contributed by atoms with Gasteiger partial charge in [-0.05, 0) is 38.3 Å². The molecule has 1 saturated heterocycles. The lowest BCUT2D eigenvalue weighted by atomic mass is 9.69. The van der Waals surface area contributed by atoms with Gasteiger partial charge in [0.05, 0.1) is 5.54 Å². The highest BCUT2D eigenvalue weighted by atomic mass is 16.4. The predicted molar refractivity (Wildman–Crippen MR) is 86.1 cm³/mol. The lowest BCUT2D eigenvalue weighted by molar-refractivity contribution is -0.137. The Morgan fingerprint density at radius 2 is 1.91 bits per heavy atom. The third kappa shape index (κ3) is 2.91. The van der Waals surface area contributed by atoms with Gasteiger partial charge < -0.3 is 20.6 Å². The molecule has 3 N–H and O–H groups in total. The molecule has 0 unspecified atom stereocenters. The van der Waals surface area contributed by atoms with Gasteiger partial charge in [-0.15, -0.1) is 0 Å². The lowest BCUT2D eigenvalue weighted by Crippen LogP contribution is -2.53. The number of carbonyl (C=O) groups is 2. The average Bonchev–Trinajstić information content (AvgIpc) is 2.84. The van der Waals surface area contributed by atoms with Gasteiger partial charge >= 0.3 is 12.0 Å². The van der Waals surface area contributed by atoms with Crippen molar-refractivity contribution in [2.75, 3.05) is 20.1 Å². The number of rotatable bonds is 4. The number of hydrogen-bond donors (Lipinski definition) is 3. The minimum Gasteiger partial charge on any atom is -0.480 e. The Labute approximate surface area is 135 Å². The van der Waals surface area contributed by atoms with Crippen molar-refractivity contribution in [3.63, 3.8) is 0 Å². The van der Waals surface area contributed by atoms with Crippen molar-refractivity contribution in [2.45, 2.75) is 36.8 Å². The van der Waals surface area contributed by atoms with E-state index in [9.17, 15) is 9.59 Å². The molecule has 1 aliphatic heterocycles. The van der Waals surface area contributed by atoms with Crippen LogP contribution in [0.3, 0.4) is 0 Å². The monoisotopic (exact) mass is 317 g/mol. The number of aliphatic carboxylic acids is 1. The zero-order valence-electron chi connectivity index (χ0n) is 13.3. The Morgan fingerprint density at radius 3 is 2.48 bits per heavy atom. The molecule has 124 valence electrons. The predicted octanol–water partition coefficient (Wildman–Crippen LogP) is 1.52. The number of carbonyl (C=O) groups excluding carboxylic acids is 1. The summed E-state index contributed by atoms with van der Waals surface area (Å²) in [7, 11) is 1.98. The third-order valence-electron chi connectivity index (χ3n) is 5.34. The first-order chi connectivity index (χ1) is 11.0. The maximum Gasteiger partial charge on any atom is 0.323 e. The second-order valence-electron chi connectivity index (χ2n) is 6.66. The van der Waals surface area contributed by atoms with Crippen molar-refractivity contribution in [1.29, 1.82) is 0 Å². The molecule has 6 heteroatoms. The summed E-state index contributed by atoms with van der Waals surface area (Å²) in [6, 6.07) is 10.1. The number of amides is 2. The Kier molecular flexibility index (Phi) is 4.02. The lowest BCUT2D eigenvalue weighted by Gasteiger charge is -2.45. The molecule has 1 aromatic rings. The van der Waals surface area contributed by atoms with E-state index in [0.29, 0.717) is 6.54 Å². The quantitative estimate of drug-likeness (QED) is 0.786. The largest absolute Gasteiger partial charge is 0.480 e. The van der Waals surface area contributed by atoms with Crippen molar-refractivity contribution in [1.82, 2.24) is 15.5 Å². The number of carboxylic acids is 1. The highest BCUT2D eigenvalue weighted by Gasteiger charge is 2.48. The average molecular weight is 317 g/mol. The van der Waals surface area contributed by atoms with Crippen LogP contribution in [0.15, 0.2) is 30.3 Å². The SMILES string of the molecule is CN[C@]1(c2ccccc2)CC[C@]2(CC1)CN(CC(=O)O)C(=O)N2. The molecular weight excluding hydrogens is 294 g/mol. The van der Waals surface area contributed by atoms with Crippen LogP contribution >= 0.6 is 0 Å². The van der Waals surface area contributed by atoms with Crippen molar-refractivity contribution in [3.8, 4) is 0 Å². The molecule has 3 rings (SSSR count). The van der Waals surface area contributed by atoms with E-state index in [2.05, 4.69) is 22.8 Å². The molecule has 2 aliphatic rings. The van der Waals surface area contributed by atoms with E-state index in [1.165, 1.54) is 10.5 Å². The van der Waals surface area contributed by atoms with Crippen LogP contribution in [0, 0.1) is 0 Å². The molecule has 1 heterocycles. The molecule has 2 fully saturated rings. The van der Waals surface area contributed by atoms with Crippen LogP contribution in [-0.2, 0) is 10.3 Å². The van der Waals surface area contributed by atoms with Crippen LogP contribution in [0.4, 0.5) is 4.79 Å². The van der Waals surface area contributed by atoms with E-state index in [4.69, 9.17) is 5.11 Å². The zero-order chi connectivity index (χ0) is 16.5. The van der Waals surface area contributed by atoms with Crippen LogP contribution in [0.1, 0.15) is 31.2 Å². The summed E-state index contributed by atoms with van der Waals surface area (Å²) in [5.41, 5.74) is 0.906. The number of nitrogens with one attached hydrogen (secondary N) is 2. The summed E-state index contributed by atoms with van der Waals surface area (Å²) < 4.78 is 0. The molecule has 0 atom stereocenters. The Morgan fingerprint density at radius 1 is 1.26 bits per heavy atom. The van der Waals surface area contributed by atoms with Gasteiger partial charge in [-0.3, -0.25) is 4.79 Å². The summed E-state index contributed by atoms with van der Waals surface area (Å²) in [4.78, 5) is 24.3. The van der Waals surface area contributed by atoms with E-state index in [1.807, 2.05) is 25.2 Å². The standard InChI is InChI=1S/C17H23N3O3/c1-18-17(13-5-3-2-4-6-13)9-7-16(8-10-17)12-20(11-14(21)22)15(23)19-16/h2-6,18H,7-12H2,1H3,(H,19,23)(H,21,22)/t16-,17+. The number of nitrogens with zero attached hydrogens (tertiary/aromatic N) is 1. The van der Waals surface area contributed by atoms with Crippen LogP contribution in [0.25, 0.3) is 0 Å². The normalized spacial score (nSPS) is 30.5. The highest BCUT2D eigenvalue weighted by Crippen LogP contribution is 2.42. The summed E-state index contributed by atoms with van der Waals surface area (Å²) >= 11 is 0. The number of urea groups is 1. The van der Waals surface area contributed by atoms with Crippen LogP contribution in [-0.4, -0.2) is 47.7 Å². The maximum absolute atomic E-state index is 12.0. The number of carboxylic acid groups (broad SMARTS) is 1. The number of hydrogen-bond acceptors (Lipinski definition) is 3. The minimum atomic E-state index is -0.970. The van der Waals surface area contributed by atoms with E-state index in [0.717, 1.165) is 25.7 Å². The Balaban J connectivity index is 1.73. The molecule has 1 aromatic carbocycles. The van der Waals surface area contributed by atoms with Gasteiger partial charge in [-0.2, -0.15) is 0 Å². The third-order valence-corrected chi connectivity index (χ3v) is 5.34. The van der Waals surface area contributed by atoms with Crippen molar-refractivity contribution < 1.29 is 14.7 Å². The topological polar surface area (TPSA) is 81.7 Å². The fourth-order valence-corrected chi connectivity index (χ4v) is 3.95. The van der Waals surface area contributed by atoms with Crippen LogP contribution in [0.2, 0.25) is 0 Å². The maximum atomic E-state index is 12.0. The number of benzene rings is 1. The Hall–Kier alpha value is -2.08. The molecule has 0 bridgehead atoms.